The second kappa shape index (κ2) is 12.1. The highest BCUT2D eigenvalue weighted by Crippen LogP contribution is 2.27. The van der Waals surface area contributed by atoms with Crippen molar-refractivity contribution in [2.75, 3.05) is 0 Å². The number of hydrogen-bond donors (Lipinski definition) is 1. The Morgan fingerprint density at radius 1 is 0.615 bits per heavy atom. The summed E-state index contributed by atoms with van der Waals surface area (Å²) in [6.45, 7) is 10.5. The number of ether oxygens (including phenoxy) is 3. The standard InChI is InChI=1S/C33H28O6/c1-21(2)31(34)37-28-15-9-24(10-16-28)23-5-7-27(8-6-23)33(36)39-30-19-13-26(14-20-30)25-11-17-29(18-12-25)38-32(35)22(3)4/h5-20,31,34H,1,3H2,2,4H3. The van der Waals surface area contributed by atoms with E-state index in [-0.39, 0.29) is 0 Å². The van der Waals surface area contributed by atoms with Gasteiger partial charge >= 0.3 is 11.9 Å². The molecule has 4 aromatic carbocycles. The normalized spacial score (nSPS) is 11.3. The molecular weight excluding hydrogens is 492 g/mol. The molecule has 0 amide bonds. The third-order valence-electron chi connectivity index (χ3n) is 5.79. The highest BCUT2D eigenvalue weighted by Gasteiger charge is 2.11. The minimum Gasteiger partial charge on any atom is -0.461 e. The molecule has 4 rings (SSSR count). The largest absolute Gasteiger partial charge is 0.461 e. The van der Waals surface area contributed by atoms with Crippen molar-refractivity contribution in [3.63, 3.8) is 0 Å². The molecular formula is C33H28O6. The summed E-state index contributed by atoms with van der Waals surface area (Å²) in [4.78, 5) is 24.3. The number of aliphatic hydroxyl groups excluding tert-OH is 1. The summed E-state index contributed by atoms with van der Waals surface area (Å²) in [7, 11) is 0. The van der Waals surface area contributed by atoms with Gasteiger partial charge in [0.15, 0.2) is 0 Å². The van der Waals surface area contributed by atoms with Crippen LogP contribution in [0.4, 0.5) is 0 Å². The maximum Gasteiger partial charge on any atom is 0.343 e. The minimum atomic E-state index is -1.05. The Hall–Kier alpha value is -4.94. The predicted octanol–water partition coefficient (Wildman–Crippen LogP) is 6.99. The minimum absolute atomic E-state index is 0.331. The van der Waals surface area contributed by atoms with E-state index in [1.807, 2.05) is 48.5 Å². The molecule has 0 saturated heterocycles. The third-order valence-corrected chi connectivity index (χ3v) is 5.79. The maximum absolute atomic E-state index is 12.7. The van der Waals surface area contributed by atoms with E-state index in [0.29, 0.717) is 34.0 Å². The van der Waals surface area contributed by atoms with Crippen LogP contribution in [0, 0.1) is 0 Å². The Morgan fingerprint density at radius 2 is 1.00 bits per heavy atom. The summed E-state index contributed by atoms with van der Waals surface area (Å²) < 4.78 is 16.2. The number of esters is 2. The van der Waals surface area contributed by atoms with Crippen molar-refractivity contribution in [2.24, 2.45) is 0 Å². The average Bonchev–Trinajstić information content (AvgIpc) is 2.94. The molecule has 6 heteroatoms. The number of hydrogen-bond acceptors (Lipinski definition) is 6. The zero-order valence-electron chi connectivity index (χ0n) is 21.7. The fourth-order valence-corrected chi connectivity index (χ4v) is 3.55. The van der Waals surface area contributed by atoms with Gasteiger partial charge < -0.3 is 19.3 Å². The topological polar surface area (TPSA) is 82.1 Å². The average molecular weight is 521 g/mol. The number of aliphatic hydroxyl groups is 1. The van der Waals surface area contributed by atoms with Gasteiger partial charge in [0.05, 0.1) is 5.56 Å². The van der Waals surface area contributed by atoms with Crippen LogP contribution in [0.5, 0.6) is 17.2 Å². The van der Waals surface area contributed by atoms with Crippen LogP contribution < -0.4 is 14.2 Å². The highest BCUT2D eigenvalue weighted by atomic mass is 16.6. The van der Waals surface area contributed by atoms with Crippen molar-refractivity contribution in [3.8, 4) is 39.5 Å². The van der Waals surface area contributed by atoms with Crippen LogP contribution in [-0.2, 0) is 4.79 Å². The van der Waals surface area contributed by atoms with Gasteiger partial charge in [0.2, 0.25) is 6.29 Å². The summed E-state index contributed by atoms with van der Waals surface area (Å²) in [5, 5.41) is 9.79. The van der Waals surface area contributed by atoms with Crippen LogP contribution in [-0.4, -0.2) is 23.3 Å². The monoisotopic (exact) mass is 520 g/mol. The van der Waals surface area contributed by atoms with Gasteiger partial charge in [0, 0.05) is 5.57 Å². The first kappa shape index (κ1) is 27.1. The van der Waals surface area contributed by atoms with E-state index in [4.69, 9.17) is 14.2 Å². The number of rotatable bonds is 9. The lowest BCUT2D eigenvalue weighted by atomic mass is 10.0. The van der Waals surface area contributed by atoms with E-state index in [0.717, 1.165) is 22.3 Å². The Balaban J connectivity index is 1.36. The van der Waals surface area contributed by atoms with Crippen LogP contribution in [0.3, 0.4) is 0 Å². The van der Waals surface area contributed by atoms with Crippen LogP contribution in [0.2, 0.25) is 0 Å². The van der Waals surface area contributed by atoms with Crippen LogP contribution in [0.15, 0.2) is 121 Å². The van der Waals surface area contributed by atoms with Gasteiger partial charge in [-0.3, -0.25) is 0 Å². The van der Waals surface area contributed by atoms with Crippen molar-refractivity contribution >= 4 is 11.9 Å². The van der Waals surface area contributed by atoms with Crippen molar-refractivity contribution in [2.45, 2.75) is 20.1 Å². The molecule has 0 heterocycles. The molecule has 1 unspecified atom stereocenters. The van der Waals surface area contributed by atoms with E-state index in [9.17, 15) is 14.7 Å². The molecule has 1 N–H and O–H groups in total. The Morgan fingerprint density at radius 3 is 1.41 bits per heavy atom. The van der Waals surface area contributed by atoms with Crippen molar-refractivity contribution in [3.05, 3.63) is 127 Å². The Labute approximate surface area is 227 Å². The lowest BCUT2D eigenvalue weighted by molar-refractivity contribution is -0.130. The molecule has 0 aromatic heterocycles. The molecule has 0 aliphatic carbocycles. The number of carbonyl (C=O) groups is 2. The predicted molar refractivity (Wildman–Crippen MR) is 151 cm³/mol. The maximum atomic E-state index is 12.7. The lowest BCUT2D eigenvalue weighted by Gasteiger charge is -2.13. The van der Waals surface area contributed by atoms with E-state index >= 15 is 0 Å². The van der Waals surface area contributed by atoms with Crippen LogP contribution >= 0.6 is 0 Å². The second-order valence-corrected chi connectivity index (χ2v) is 9.03. The first-order chi connectivity index (χ1) is 18.7. The first-order valence-corrected chi connectivity index (χ1v) is 12.2. The SMILES string of the molecule is C=C(C)C(=O)Oc1ccc(-c2ccc(OC(=O)c3ccc(-c4ccc(OC(O)C(=C)C)cc4)cc3)cc2)cc1. The smallest absolute Gasteiger partial charge is 0.343 e. The summed E-state index contributed by atoms with van der Waals surface area (Å²) in [6, 6.07) is 28.6. The zero-order valence-corrected chi connectivity index (χ0v) is 21.7. The quantitative estimate of drug-likeness (QED) is 0.0842. The molecule has 196 valence electrons. The van der Waals surface area contributed by atoms with Gasteiger partial charge in [-0.25, -0.2) is 9.59 Å². The van der Waals surface area contributed by atoms with Crippen LogP contribution in [0.25, 0.3) is 22.3 Å². The molecule has 0 bridgehead atoms. The zero-order chi connectivity index (χ0) is 27.9. The van der Waals surface area contributed by atoms with E-state index in [1.165, 1.54) is 0 Å². The number of carbonyl (C=O) groups excluding carboxylic acids is 2. The van der Waals surface area contributed by atoms with Crippen LogP contribution in [0.1, 0.15) is 24.2 Å². The summed E-state index contributed by atoms with van der Waals surface area (Å²) in [6.07, 6.45) is -1.05. The third kappa shape index (κ3) is 7.09. The highest BCUT2D eigenvalue weighted by molar-refractivity contribution is 5.92. The molecule has 0 saturated carbocycles. The van der Waals surface area contributed by atoms with Crippen molar-refractivity contribution < 1.29 is 28.9 Å². The van der Waals surface area contributed by atoms with Gasteiger partial charge in [-0.1, -0.05) is 61.7 Å². The molecule has 0 radical (unpaired) electrons. The molecule has 1 atom stereocenters. The van der Waals surface area contributed by atoms with Gasteiger partial charge in [0.1, 0.15) is 17.2 Å². The molecule has 0 spiro atoms. The molecule has 6 nitrogen and oxygen atoms in total. The van der Waals surface area contributed by atoms with Gasteiger partial charge in [-0.15, -0.1) is 0 Å². The summed E-state index contributed by atoms with van der Waals surface area (Å²) in [5.41, 5.74) is 4.97. The van der Waals surface area contributed by atoms with Gasteiger partial charge in [-0.05, 0) is 90.2 Å². The molecule has 0 aliphatic rings. The Bertz CT molecular complexity index is 1480. The number of benzene rings is 4. The van der Waals surface area contributed by atoms with E-state index < -0.39 is 18.2 Å². The van der Waals surface area contributed by atoms with Crippen molar-refractivity contribution in [1.29, 1.82) is 0 Å². The Kier molecular flexibility index (Phi) is 8.39. The summed E-state index contributed by atoms with van der Waals surface area (Å²) >= 11 is 0. The van der Waals surface area contributed by atoms with E-state index in [1.54, 1.807) is 62.4 Å². The summed E-state index contributed by atoms with van der Waals surface area (Å²) in [5.74, 6) is 0.459. The lowest BCUT2D eigenvalue weighted by Crippen LogP contribution is -2.15. The molecule has 0 fully saturated rings. The van der Waals surface area contributed by atoms with E-state index in [2.05, 4.69) is 13.2 Å². The fourth-order valence-electron chi connectivity index (χ4n) is 3.55. The second-order valence-electron chi connectivity index (χ2n) is 9.03. The van der Waals surface area contributed by atoms with Gasteiger partial charge in [-0.2, -0.15) is 0 Å². The molecule has 39 heavy (non-hydrogen) atoms. The van der Waals surface area contributed by atoms with Gasteiger partial charge in [0.25, 0.3) is 0 Å². The first-order valence-electron chi connectivity index (χ1n) is 12.2. The molecule has 0 aliphatic heterocycles. The van der Waals surface area contributed by atoms with Crippen molar-refractivity contribution in [1.82, 2.24) is 0 Å². The fraction of sp³-hybridized carbons (Fsp3) is 0.0909. The molecule has 4 aromatic rings.